The van der Waals surface area contributed by atoms with Crippen molar-refractivity contribution in [2.45, 2.75) is 26.0 Å². The van der Waals surface area contributed by atoms with Crippen LogP contribution in [0.25, 0.3) is 0 Å². The molecule has 1 aromatic rings. The molecule has 0 bridgehead atoms. The number of aliphatic hydroxyl groups is 1. The summed E-state index contributed by atoms with van der Waals surface area (Å²) in [5.41, 5.74) is 0. The first kappa shape index (κ1) is 10.2. The molecular weight excluding hydrogens is 168 g/mol. The Hall–Kier alpha value is -0.870. The quantitative estimate of drug-likeness (QED) is 0.741. The van der Waals surface area contributed by atoms with Crippen LogP contribution in [-0.2, 0) is 11.3 Å². The largest absolute Gasteiger partial charge is 0.385 e. The summed E-state index contributed by atoms with van der Waals surface area (Å²) < 4.78 is 6.82. The molecule has 0 fully saturated rings. The molecule has 1 unspecified atom stereocenters. The Morgan fingerprint density at radius 3 is 3.08 bits per heavy atom. The Labute approximate surface area is 78.2 Å². The van der Waals surface area contributed by atoms with Crippen molar-refractivity contribution < 1.29 is 9.84 Å². The highest BCUT2D eigenvalue weighted by Gasteiger charge is 2.12. The molecule has 0 aliphatic rings. The average molecular weight is 184 g/mol. The van der Waals surface area contributed by atoms with Crippen LogP contribution in [0.2, 0.25) is 0 Å². The number of aryl methyl sites for hydroxylation is 1. The zero-order valence-corrected chi connectivity index (χ0v) is 8.10. The SMILES string of the molecule is CCn1ccnc1C(O)CCOC. The van der Waals surface area contributed by atoms with E-state index in [1.54, 1.807) is 13.3 Å². The van der Waals surface area contributed by atoms with Crippen LogP contribution in [0.15, 0.2) is 12.4 Å². The van der Waals surface area contributed by atoms with Gasteiger partial charge in [0, 0.05) is 39.1 Å². The Morgan fingerprint density at radius 1 is 1.69 bits per heavy atom. The second-order valence-electron chi connectivity index (χ2n) is 2.87. The molecule has 1 aromatic heterocycles. The number of ether oxygens (including phenoxy) is 1. The molecule has 74 valence electrons. The smallest absolute Gasteiger partial charge is 0.137 e. The van der Waals surface area contributed by atoms with E-state index in [0.717, 1.165) is 12.4 Å². The minimum Gasteiger partial charge on any atom is -0.385 e. The van der Waals surface area contributed by atoms with E-state index in [4.69, 9.17) is 4.74 Å². The first-order chi connectivity index (χ1) is 6.29. The normalized spacial score (nSPS) is 13.2. The van der Waals surface area contributed by atoms with Crippen LogP contribution in [0.5, 0.6) is 0 Å². The van der Waals surface area contributed by atoms with Gasteiger partial charge in [0.15, 0.2) is 0 Å². The monoisotopic (exact) mass is 184 g/mol. The average Bonchev–Trinajstić information content (AvgIpc) is 2.61. The van der Waals surface area contributed by atoms with E-state index in [0.29, 0.717) is 13.0 Å². The number of rotatable bonds is 5. The van der Waals surface area contributed by atoms with E-state index in [1.807, 2.05) is 17.7 Å². The molecule has 4 heteroatoms. The van der Waals surface area contributed by atoms with Crippen molar-refractivity contribution in [1.29, 1.82) is 0 Å². The minimum absolute atomic E-state index is 0.519. The van der Waals surface area contributed by atoms with Crippen LogP contribution in [0.3, 0.4) is 0 Å². The second-order valence-corrected chi connectivity index (χ2v) is 2.87. The van der Waals surface area contributed by atoms with E-state index in [2.05, 4.69) is 4.98 Å². The third-order valence-corrected chi connectivity index (χ3v) is 1.98. The van der Waals surface area contributed by atoms with Gasteiger partial charge >= 0.3 is 0 Å². The van der Waals surface area contributed by atoms with Gasteiger partial charge in [-0.15, -0.1) is 0 Å². The Balaban J connectivity index is 2.59. The molecule has 0 spiro atoms. The highest BCUT2D eigenvalue weighted by atomic mass is 16.5. The standard InChI is InChI=1S/C9H16N2O2/c1-3-11-6-5-10-9(11)8(12)4-7-13-2/h5-6,8,12H,3-4,7H2,1-2H3. The molecule has 1 atom stereocenters. The molecule has 1 rings (SSSR count). The molecule has 0 aromatic carbocycles. The Bertz CT molecular complexity index is 248. The van der Waals surface area contributed by atoms with Gasteiger partial charge in [-0.1, -0.05) is 0 Å². The molecule has 0 aliphatic carbocycles. The lowest BCUT2D eigenvalue weighted by Gasteiger charge is -2.10. The van der Waals surface area contributed by atoms with Crippen molar-refractivity contribution in [1.82, 2.24) is 9.55 Å². The summed E-state index contributed by atoms with van der Waals surface area (Å²) in [4.78, 5) is 4.10. The molecule has 0 radical (unpaired) electrons. The number of imidazole rings is 1. The van der Waals surface area contributed by atoms with Crippen LogP contribution in [0.1, 0.15) is 25.3 Å². The molecule has 0 saturated heterocycles. The lowest BCUT2D eigenvalue weighted by Crippen LogP contribution is -2.09. The highest BCUT2D eigenvalue weighted by Crippen LogP contribution is 2.14. The Morgan fingerprint density at radius 2 is 2.46 bits per heavy atom. The summed E-state index contributed by atoms with van der Waals surface area (Å²) in [5, 5.41) is 9.69. The second kappa shape index (κ2) is 4.99. The van der Waals surface area contributed by atoms with Gasteiger partial charge in [0.1, 0.15) is 11.9 Å². The molecule has 4 nitrogen and oxygen atoms in total. The number of aliphatic hydroxyl groups excluding tert-OH is 1. The molecule has 0 saturated carbocycles. The molecule has 13 heavy (non-hydrogen) atoms. The summed E-state index contributed by atoms with van der Waals surface area (Å²) in [6.07, 6.45) is 3.64. The zero-order chi connectivity index (χ0) is 9.68. The summed E-state index contributed by atoms with van der Waals surface area (Å²) in [5.74, 6) is 0.722. The summed E-state index contributed by atoms with van der Waals surface area (Å²) in [6, 6.07) is 0. The lowest BCUT2D eigenvalue weighted by atomic mass is 10.2. The first-order valence-corrected chi connectivity index (χ1v) is 4.47. The van der Waals surface area contributed by atoms with Crippen LogP contribution < -0.4 is 0 Å². The fourth-order valence-electron chi connectivity index (χ4n) is 1.24. The van der Waals surface area contributed by atoms with Gasteiger partial charge in [-0.05, 0) is 6.92 Å². The molecular formula is C9H16N2O2. The van der Waals surface area contributed by atoms with Gasteiger partial charge in [0.25, 0.3) is 0 Å². The van der Waals surface area contributed by atoms with Crippen LogP contribution >= 0.6 is 0 Å². The third kappa shape index (κ3) is 2.54. The minimum atomic E-state index is -0.519. The maximum absolute atomic E-state index is 9.69. The van der Waals surface area contributed by atoms with Crippen LogP contribution in [0, 0.1) is 0 Å². The number of aromatic nitrogens is 2. The van der Waals surface area contributed by atoms with Gasteiger partial charge in [0.2, 0.25) is 0 Å². The third-order valence-electron chi connectivity index (χ3n) is 1.98. The maximum atomic E-state index is 9.69. The van der Waals surface area contributed by atoms with Crippen LogP contribution in [0.4, 0.5) is 0 Å². The molecule has 0 amide bonds. The number of methoxy groups -OCH3 is 1. The van der Waals surface area contributed by atoms with Crippen molar-refractivity contribution in [2.24, 2.45) is 0 Å². The molecule has 1 N–H and O–H groups in total. The molecule has 1 heterocycles. The Kier molecular flexibility index (Phi) is 3.92. The topological polar surface area (TPSA) is 47.3 Å². The summed E-state index contributed by atoms with van der Waals surface area (Å²) in [6.45, 7) is 3.41. The van der Waals surface area contributed by atoms with Gasteiger partial charge in [-0.25, -0.2) is 4.98 Å². The first-order valence-electron chi connectivity index (χ1n) is 4.47. The van der Waals surface area contributed by atoms with Gasteiger partial charge in [-0.2, -0.15) is 0 Å². The summed E-state index contributed by atoms with van der Waals surface area (Å²) >= 11 is 0. The predicted octanol–water partition coefficient (Wildman–Crippen LogP) is 0.973. The van der Waals surface area contributed by atoms with E-state index in [-0.39, 0.29) is 0 Å². The van der Waals surface area contributed by atoms with Gasteiger partial charge < -0.3 is 14.4 Å². The lowest BCUT2D eigenvalue weighted by molar-refractivity contribution is 0.102. The highest BCUT2D eigenvalue weighted by molar-refractivity contribution is 4.96. The van der Waals surface area contributed by atoms with Crippen molar-refractivity contribution in [2.75, 3.05) is 13.7 Å². The van der Waals surface area contributed by atoms with Crippen molar-refractivity contribution >= 4 is 0 Å². The van der Waals surface area contributed by atoms with E-state index in [1.165, 1.54) is 0 Å². The number of hydrogen-bond acceptors (Lipinski definition) is 3. The van der Waals surface area contributed by atoms with E-state index < -0.39 is 6.10 Å². The fourth-order valence-corrected chi connectivity index (χ4v) is 1.24. The summed E-state index contributed by atoms with van der Waals surface area (Å²) in [7, 11) is 1.62. The van der Waals surface area contributed by atoms with Gasteiger partial charge in [0.05, 0.1) is 0 Å². The molecule has 0 aliphatic heterocycles. The fraction of sp³-hybridized carbons (Fsp3) is 0.667. The maximum Gasteiger partial charge on any atom is 0.137 e. The van der Waals surface area contributed by atoms with E-state index in [9.17, 15) is 5.11 Å². The van der Waals surface area contributed by atoms with Crippen LogP contribution in [-0.4, -0.2) is 28.4 Å². The van der Waals surface area contributed by atoms with E-state index >= 15 is 0 Å². The zero-order valence-electron chi connectivity index (χ0n) is 8.10. The van der Waals surface area contributed by atoms with Gasteiger partial charge in [-0.3, -0.25) is 0 Å². The van der Waals surface area contributed by atoms with Crippen molar-refractivity contribution in [3.05, 3.63) is 18.2 Å². The van der Waals surface area contributed by atoms with Crippen molar-refractivity contribution in [3.8, 4) is 0 Å². The number of hydrogen-bond donors (Lipinski definition) is 1. The van der Waals surface area contributed by atoms with Crippen molar-refractivity contribution in [3.63, 3.8) is 0 Å². The predicted molar refractivity (Wildman–Crippen MR) is 49.4 cm³/mol. The number of nitrogens with zero attached hydrogens (tertiary/aromatic N) is 2.